The van der Waals surface area contributed by atoms with Gasteiger partial charge in [-0.15, -0.1) is 0 Å². The minimum Gasteiger partial charge on any atom is -0.332 e. The van der Waals surface area contributed by atoms with Gasteiger partial charge in [-0.3, -0.25) is 14.2 Å². The summed E-state index contributed by atoms with van der Waals surface area (Å²) in [4.78, 5) is 27.4. The fraction of sp³-hybridized carbons (Fsp3) is 0.118. The van der Waals surface area contributed by atoms with Crippen molar-refractivity contribution in [2.24, 2.45) is 7.05 Å². The van der Waals surface area contributed by atoms with E-state index in [1.54, 1.807) is 0 Å². The Kier molecular flexibility index (Phi) is 4.83. The van der Waals surface area contributed by atoms with E-state index in [1.165, 1.54) is 35.9 Å². The number of hydrogen-bond donors (Lipinski definition) is 2. The molecule has 0 saturated heterocycles. The number of aromatic amines is 1. The number of carbonyl (C=O) groups excluding carboxylic acids is 1. The average molecular weight is 414 g/mol. The number of amides is 1. The van der Waals surface area contributed by atoms with Crippen LogP contribution in [0.3, 0.4) is 0 Å². The quantitative estimate of drug-likeness (QED) is 0.607. The summed E-state index contributed by atoms with van der Waals surface area (Å²) in [5.41, 5.74) is -0.942. The van der Waals surface area contributed by atoms with Crippen LogP contribution in [0.2, 0.25) is 5.02 Å². The summed E-state index contributed by atoms with van der Waals surface area (Å²) in [6.45, 7) is 0. The Morgan fingerprint density at radius 2 is 1.93 bits per heavy atom. The van der Waals surface area contributed by atoms with Crippen molar-refractivity contribution in [2.75, 3.05) is 5.32 Å². The third-order valence-corrected chi connectivity index (χ3v) is 4.60. The van der Waals surface area contributed by atoms with Gasteiger partial charge in [0.1, 0.15) is 0 Å². The highest BCUT2D eigenvalue weighted by Crippen LogP contribution is 2.36. The maximum atomic E-state index is 12.9. The fourth-order valence-corrected chi connectivity index (χ4v) is 2.89. The van der Waals surface area contributed by atoms with E-state index in [2.05, 4.69) is 10.3 Å². The van der Waals surface area contributed by atoms with Crippen molar-refractivity contribution < 1.29 is 18.0 Å². The first-order valence-electron chi connectivity index (χ1n) is 7.49. The van der Waals surface area contributed by atoms with Crippen molar-refractivity contribution >= 4 is 46.3 Å². The van der Waals surface area contributed by atoms with Crippen LogP contribution in [-0.4, -0.2) is 15.5 Å². The van der Waals surface area contributed by atoms with E-state index in [0.29, 0.717) is 10.9 Å². The van der Waals surface area contributed by atoms with Crippen LogP contribution in [0.15, 0.2) is 41.2 Å². The van der Waals surface area contributed by atoms with Crippen LogP contribution in [0.4, 0.5) is 18.9 Å². The third-order valence-electron chi connectivity index (χ3n) is 3.89. The van der Waals surface area contributed by atoms with Crippen LogP contribution in [0.25, 0.3) is 10.9 Å². The SMILES string of the molecule is Cn1c(=S)[nH]c2cc(C(=O)Nc3ccc(Cl)c(C(F)(F)F)c3)ccc2c1=O. The van der Waals surface area contributed by atoms with Gasteiger partial charge in [0.2, 0.25) is 0 Å². The lowest BCUT2D eigenvalue weighted by Gasteiger charge is -2.12. The molecule has 0 atom stereocenters. The van der Waals surface area contributed by atoms with Gasteiger partial charge in [0, 0.05) is 18.3 Å². The molecule has 1 heterocycles. The molecule has 3 rings (SSSR count). The number of rotatable bonds is 2. The summed E-state index contributed by atoms with van der Waals surface area (Å²) < 4.78 is 40.2. The number of H-pyrrole nitrogens is 1. The van der Waals surface area contributed by atoms with E-state index in [9.17, 15) is 22.8 Å². The summed E-state index contributed by atoms with van der Waals surface area (Å²) in [5, 5.41) is 2.25. The molecule has 1 aromatic heterocycles. The lowest BCUT2D eigenvalue weighted by atomic mass is 10.1. The predicted octanol–water partition coefficient (Wildman–Crippen LogP) is 4.52. The van der Waals surface area contributed by atoms with E-state index in [0.717, 1.165) is 12.1 Å². The molecule has 2 aromatic carbocycles. The molecule has 0 bridgehead atoms. The number of carbonyl (C=O) groups is 1. The standard InChI is InChI=1S/C17H11ClF3N3O2S/c1-24-15(26)10-4-2-8(6-13(10)23-16(24)27)14(25)22-9-3-5-12(18)11(7-9)17(19,20)21/h2-7H,1H3,(H,22,25)(H,23,27). The summed E-state index contributed by atoms with van der Waals surface area (Å²) in [6.07, 6.45) is -4.64. The summed E-state index contributed by atoms with van der Waals surface area (Å²) >= 11 is 10.6. The van der Waals surface area contributed by atoms with E-state index in [1.807, 2.05) is 0 Å². The van der Waals surface area contributed by atoms with Crippen LogP contribution in [0, 0.1) is 4.77 Å². The van der Waals surface area contributed by atoms with Crippen molar-refractivity contribution in [1.29, 1.82) is 0 Å². The lowest BCUT2D eigenvalue weighted by Crippen LogP contribution is -2.19. The molecule has 27 heavy (non-hydrogen) atoms. The zero-order valence-corrected chi connectivity index (χ0v) is 15.2. The van der Waals surface area contributed by atoms with Crippen molar-refractivity contribution in [1.82, 2.24) is 9.55 Å². The van der Waals surface area contributed by atoms with E-state index >= 15 is 0 Å². The molecule has 3 aromatic rings. The Morgan fingerprint density at radius 3 is 2.59 bits per heavy atom. The third kappa shape index (κ3) is 3.74. The number of aromatic nitrogens is 2. The summed E-state index contributed by atoms with van der Waals surface area (Å²) in [5.74, 6) is -0.646. The highest BCUT2D eigenvalue weighted by atomic mass is 35.5. The maximum Gasteiger partial charge on any atom is 0.417 e. The van der Waals surface area contributed by atoms with Gasteiger partial charge in [-0.25, -0.2) is 0 Å². The van der Waals surface area contributed by atoms with Crippen molar-refractivity contribution in [3.05, 3.63) is 67.7 Å². The molecule has 5 nitrogen and oxygen atoms in total. The first kappa shape index (κ1) is 19.1. The van der Waals surface area contributed by atoms with Crippen LogP contribution >= 0.6 is 23.8 Å². The molecule has 0 saturated carbocycles. The molecule has 0 aliphatic rings. The monoisotopic (exact) mass is 413 g/mol. The number of nitrogens with zero attached hydrogens (tertiary/aromatic N) is 1. The molecule has 0 aliphatic carbocycles. The zero-order valence-electron chi connectivity index (χ0n) is 13.6. The van der Waals surface area contributed by atoms with Gasteiger partial charge in [-0.1, -0.05) is 11.6 Å². The van der Waals surface area contributed by atoms with Crippen molar-refractivity contribution in [3.63, 3.8) is 0 Å². The van der Waals surface area contributed by atoms with Crippen LogP contribution in [0.5, 0.6) is 0 Å². The van der Waals surface area contributed by atoms with Gasteiger partial charge >= 0.3 is 6.18 Å². The second-order valence-corrected chi connectivity index (χ2v) is 6.50. The Labute approximate surface area is 160 Å². The summed E-state index contributed by atoms with van der Waals surface area (Å²) in [6, 6.07) is 7.32. The van der Waals surface area contributed by atoms with Crippen molar-refractivity contribution in [2.45, 2.75) is 6.18 Å². The molecule has 1 amide bonds. The first-order valence-corrected chi connectivity index (χ1v) is 8.28. The molecule has 0 fully saturated rings. The number of benzene rings is 2. The predicted molar refractivity (Wildman–Crippen MR) is 98.8 cm³/mol. The average Bonchev–Trinajstić information content (AvgIpc) is 2.60. The van der Waals surface area contributed by atoms with Gasteiger partial charge in [0.25, 0.3) is 11.5 Å². The molecule has 2 N–H and O–H groups in total. The Morgan fingerprint density at radius 1 is 1.22 bits per heavy atom. The molecule has 0 aliphatic heterocycles. The maximum absolute atomic E-state index is 12.9. The van der Waals surface area contributed by atoms with Crippen molar-refractivity contribution in [3.8, 4) is 0 Å². The van der Waals surface area contributed by atoms with Crippen LogP contribution in [0.1, 0.15) is 15.9 Å². The number of alkyl halides is 3. The van der Waals surface area contributed by atoms with Crippen LogP contribution < -0.4 is 10.9 Å². The first-order chi connectivity index (χ1) is 12.6. The molecular weight excluding hydrogens is 403 g/mol. The molecule has 0 unspecified atom stereocenters. The number of nitrogens with one attached hydrogen (secondary N) is 2. The Hall–Kier alpha value is -2.65. The minimum atomic E-state index is -4.64. The van der Waals surface area contributed by atoms with E-state index in [4.69, 9.17) is 23.8 Å². The molecular formula is C17H11ClF3N3O2S. The second-order valence-electron chi connectivity index (χ2n) is 5.70. The van der Waals surface area contributed by atoms with E-state index < -0.39 is 22.7 Å². The number of anilines is 1. The minimum absolute atomic E-state index is 0.0614. The van der Waals surface area contributed by atoms with Gasteiger partial charge in [0.15, 0.2) is 4.77 Å². The van der Waals surface area contributed by atoms with Gasteiger partial charge in [-0.2, -0.15) is 13.2 Å². The molecule has 0 radical (unpaired) electrons. The largest absolute Gasteiger partial charge is 0.417 e. The van der Waals surface area contributed by atoms with E-state index in [-0.39, 0.29) is 21.6 Å². The number of fused-ring (bicyclic) bond motifs is 1. The Bertz CT molecular complexity index is 1180. The van der Waals surface area contributed by atoms with Gasteiger partial charge in [-0.05, 0) is 48.6 Å². The highest BCUT2D eigenvalue weighted by molar-refractivity contribution is 7.71. The normalized spacial score (nSPS) is 11.6. The second kappa shape index (κ2) is 6.82. The summed E-state index contributed by atoms with van der Waals surface area (Å²) in [7, 11) is 1.51. The molecule has 0 spiro atoms. The lowest BCUT2D eigenvalue weighted by molar-refractivity contribution is -0.137. The topological polar surface area (TPSA) is 66.9 Å². The smallest absolute Gasteiger partial charge is 0.332 e. The van der Waals surface area contributed by atoms with Crippen LogP contribution in [-0.2, 0) is 13.2 Å². The fourth-order valence-electron chi connectivity index (χ4n) is 2.47. The number of hydrogen-bond acceptors (Lipinski definition) is 3. The zero-order chi connectivity index (χ0) is 19.9. The Balaban J connectivity index is 1.96. The molecule has 140 valence electrons. The molecule has 10 heteroatoms. The van der Waals surface area contributed by atoms with Gasteiger partial charge < -0.3 is 10.3 Å². The highest BCUT2D eigenvalue weighted by Gasteiger charge is 2.33. The van der Waals surface area contributed by atoms with Gasteiger partial charge in [0.05, 0.1) is 21.5 Å². The number of halogens is 4.